The van der Waals surface area contributed by atoms with Crippen LogP contribution in [0, 0.1) is 0 Å². The van der Waals surface area contributed by atoms with E-state index in [0.29, 0.717) is 27.6 Å². The molecule has 8 heteroatoms. The number of carbonyl (C=O) groups is 2. The number of phenols is 1. The van der Waals surface area contributed by atoms with Gasteiger partial charge in [-0.15, -0.1) is 11.7 Å². The third-order valence-corrected chi connectivity index (χ3v) is 7.24. The third-order valence-electron chi connectivity index (χ3n) is 5.23. The van der Waals surface area contributed by atoms with Crippen LogP contribution in [0.3, 0.4) is 0 Å². The fraction of sp³-hybridized carbons (Fsp3) is 0.125. The third kappa shape index (κ3) is 3.76. The van der Waals surface area contributed by atoms with Gasteiger partial charge in [0, 0.05) is 34.2 Å². The number of rotatable bonds is 5. The number of phenolic OH excluding ortho intramolecular Hbond substituents is 1. The standard InChI is InChI=1S/C24H18O6S2/c1-24(2,32-31)22(27)12-3-6-15(23(28)29)18(9-12)21-16-7-4-13(25)10-19(16)30-20-11-14(26)5-8-17(20)21/h3-11,25,31H,1-2H3,(H,28,29). The van der Waals surface area contributed by atoms with Gasteiger partial charge in [0.25, 0.3) is 0 Å². The van der Waals surface area contributed by atoms with Gasteiger partial charge in [-0.2, -0.15) is 0 Å². The first-order chi connectivity index (χ1) is 15.1. The summed E-state index contributed by atoms with van der Waals surface area (Å²) in [5, 5.41) is 20.3. The number of benzene rings is 3. The van der Waals surface area contributed by atoms with Crippen molar-refractivity contribution in [1.82, 2.24) is 0 Å². The van der Waals surface area contributed by atoms with Crippen LogP contribution in [0.25, 0.3) is 33.4 Å². The van der Waals surface area contributed by atoms with Crippen LogP contribution in [0.5, 0.6) is 5.75 Å². The van der Waals surface area contributed by atoms with Gasteiger partial charge in [-0.25, -0.2) is 4.79 Å². The lowest BCUT2D eigenvalue weighted by molar-refractivity contribution is 0.0697. The second kappa shape index (κ2) is 8.03. The van der Waals surface area contributed by atoms with Gasteiger partial charge < -0.3 is 14.6 Å². The highest BCUT2D eigenvalue weighted by Crippen LogP contribution is 2.42. The number of hydrogen-bond donors (Lipinski definition) is 3. The van der Waals surface area contributed by atoms with Crippen LogP contribution in [-0.4, -0.2) is 26.7 Å². The summed E-state index contributed by atoms with van der Waals surface area (Å²) in [7, 11) is 1.10. The van der Waals surface area contributed by atoms with Gasteiger partial charge in [0.05, 0.1) is 10.3 Å². The lowest BCUT2D eigenvalue weighted by atomic mass is 9.88. The van der Waals surface area contributed by atoms with Crippen LogP contribution < -0.4 is 5.43 Å². The highest BCUT2D eigenvalue weighted by atomic mass is 33.1. The number of aromatic carboxylic acids is 1. The topological polar surface area (TPSA) is 105 Å². The first-order valence-corrected chi connectivity index (χ1v) is 11.4. The molecule has 0 saturated carbocycles. The van der Waals surface area contributed by atoms with Gasteiger partial charge in [-0.05, 0) is 55.8 Å². The van der Waals surface area contributed by atoms with Crippen molar-refractivity contribution in [3.05, 3.63) is 75.9 Å². The summed E-state index contributed by atoms with van der Waals surface area (Å²) < 4.78 is 5.00. The Morgan fingerprint density at radius 3 is 2.44 bits per heavy atom. The van der Waals surface area contributed by atoms with Gasteiger partial charge in [-0.3, -0.25) is 9.59 Å². The second-order valence-electron chi connectivity index (χ2n) is 7.81. The molecule has 6 nitrogen and oxygen atoms in total. The highest BCUT2D eigenvalue weighted by molar-refractivity contribution is 8.69. The number of carboxylic acids is 1. The molecular weight excluding hydrogens is 448 g/mol. The average molecular weight is 467 g/mol. The summed E-state index contributed by atoms with van der Waals surface area (Å²) in [5.41, 5.74) is 1.63. The Hall–Kier alpha value is -3.23. The first-order valence-electron chi connectivity index (χ1n) is 9.57. The maximum absolute atomic E-state index is 13.1. The molecule has 0 radical (unpaired) electrons. The van der Waals surface area contributed by atoms with Crippen LogP contribution in [0.1, 0.15) is 34.6 Å². The molecule has 0 unspecified atom stereocenters. The van der Waals surface area contributed by atoms with Gasteiger partial charge in [-0.1, -0.05) is 16.9 Å². The number of hydrogen-bond acceptors (Lipinski definition) is 7. The van der Waals surface area contributed by atoms with Crippen LogP contribution >= 0.6 is 22.5 Å². The molecule has 0 fully saturated rings. The minimum Gasteiger partial charge on any atom is -0.508 e. The van der Waals surface area contributed by atoms with Crippen LogP contribution in [-0.2, 0) is 0 Å². The van der Waals surface area contributed by atoms with Crippen molar-refractivity contribution in [2.24, 2.45) is 0 Å². The molecule has 1 aliphatic carbocycles. The quantitative estimate of drug-likeness (QED) is 0.154. The van der Waals surface area contributed by atoms with E-state index in [1.807, 2.05) is 0 Å². The minimum absolute atomic E-state index is 0.00837. The molecule has 162 valence electrons. The van der Waals surface area contributed by atoms with Crippen molar-refractivity contribution in [2.45, 2.75) is 18.6 Å². The molecule has 0 saturated heterocycles. The zero-order valence-electron chi connectivity index (χ0n) is 17.1. The predicted molar refractivity (Wildman–Crippen MR) is 128 cm³/mol. The van der Waals surface area contributed by atoms with Crippen LogP contribution in [0.4, 0.5) is 0 Å². The van der Waals surface area contributed by atoms with Crippen molar-refractivity contribution in [3.8, 4) is 28.2 Å². The fourth-order valence-electron chi connectivity index (χ4n) is 3.62. The van der Waals surface area contributed by atoms with E-state index < -0.39 is 10.7 Å². The molecule has 0 amide bonds. The lowest BCUT2D eigenvalue weighted by Gasteiger charge is -2.21. The van der Waals surface area contributed by atoms with E-state index in [1.165, 1.54) is 36.4 Å². The van der Waals surface area contributed by atoms with Crippen LogP contribution in [0.15, 0.2) is 63.8 Å². The monoisotopic (exact) mass is 466 g/mol. The predicted octanol–water partition coefficient (Wildman–Crippen LogP) is 5.51. The molecular formula is C24H18O6S2. The molecule has 2 N–H and O–H groups in total. The van der Waals surface area contributed by atoms with E-state index in [1.54, 1.807) is 32.0 Å². The van der Waals surface area contributed by atoms with E-state index in [0.717, 1.165) is 10.8 Å². The largest absolute Gasteiger partial charge is 0.508 e. The Morgan fingerprint density at radius 1 is 1.00 bits per heavy atom. The number of Topliss-reactive ketones (excluding diaryl/α,β-unsaturated/α-hetero) is 1. The molecule has 4 rings (SSSR count). The van der Waals surface area contributed by atoms with E-state index >= 15 is 0 Å². The molecule has 0 bridgehead atoms. The van der Waals surface area contributed by atoms with Crippen molar-refractivity contribution in [2.75, 3.05) is 0 Å². The summed E-state index contributed by atoms with van der Waals surface area (Å²) in [6, 6.07) is 13.1. The first kappa shape index (κ1) is 22.0. The van der Waals surface area contributed by atoms with Crippen molar-refractivity contribution < 1.29 is 24.2 Å². The summed E-state index contributed by atoms with van der Waals surface area (Å²) >= 11 is 4.19. The number of carbonyl (C=O) groups excluding carboxylic acids is 1. The number of aromatic hydroxyl groups is 1. The van der Waals surface area contributed by atoms with Gasteiger partial charge in [0.2, 0.25) is 0 Å². The Balaban J connectivity index is 2.13. The number of thiol groups is 1. The molecule has 0 atom stereocenters. The normalized spacial score (nSPS) is 11.7. The summed E-state index contributed by atoms with van der Waals surface area (Å²) in [5.74, 6) is -1.17. The zero-order valence-corrected chi connectivity index (χ0v) is 18.8. The summed E-state index contributed by atoms with van der Waals surface area (Å²) in [6.07, 6.45) is 0. The molecule has 2 aromatic rings. The Bertz CT molecular complexity index is 1420. The van der Waals surface area contributed by atoms with Crippen molar-refractivity contribution in [3.63, 3.8) is 0 Å². The van der Waals surface area contributed by atoms with E-state index in [-0.39, 0.29) is 33.9 Å². The van der Waals surface area contributed by atoms with Crippen molar-refractivity contribution in [1.29, 1.82) is 0 Å². The van der Waals surface area contributed by atoms with E-state index in [4.69, 9.17) is 4.42 Å². The SMILES string of the molecule is CC(C)(SS)C(=O)c1ccc(C(=O)O)c(-c2c3ccc(=O)cc-3oc3cc(O)ccc23)c1. The van der Waals surface area contributed by atoms with Crippen LogP contribution in [0.2, 0.25) is 0 Å². The fourth-order valence-corrected chi connectivity index (χ4v) is 4.07. The molecule has 32 heavy (non-hydrogen) atoms. The van der Waals surface area contributed by atoms with Gasteiger partial charge in [0.15, 0.2) is 11.2 Å². The molecule has 2 aromatic carbocycles. The zero-order chi connectivity index (χ0) is 23.2. The number of ketones is 1. The minimum atomic E-state index is -1.16. The molecule has 0 aromatic heterocycles. The van der Waals surface area contributed by atoms with Gasteiger partial charge in [0.1, 0.15) is 17.1 Å². The summed E-state index contributed by atoms with van der Waals surface area (Å²) in [4.78, 5) is 37.1. The highest BCUT2D eigenvalue weighted by Gasteiger charge is 2.30. The summed E-state index contributed by atoms with van der Waals surface area (Å²) in [6.45, 7) is 3.48. The molecule has 1 aliphatic heterocycles. The number of fused-ring (bicyclic) bond motifs is 2. The Kier molecular flexibility index (Phi) is 5.52. The van der Waals surface area contributed by atoms with Crippen molar-refractivity contribution >= 4 is 45.2 Å². The molecule has 2 aliphatic rings. The number of carboxylic acid groups (broad SMARTS) is 1. The Morgan fingerprint density at radius 2 is 1.75 bits per heavy atom. The maximum atomic E-state index is 13.1. The Labute approximate surface area is 192 Å². The van der Waals surface area contributed by atoms with Gasteiger partial charge >= 0.3 is 5.97 Å². The molecule has 0 spiro atoms. The van der Waals surface area contributed by atoms with E-state index in [9.17, 15) is 24.6 Å². The second-order valence-corrected chi connectivity index (χ2v) is 9.56. The van der Waals surface area contributed by atoms with E-state index in [2.05, 4.69) is 11.7 Å². The molecule has 1 heterocycles. The smallest absolute Gasteiger partial charge is 0.336 e. The lowest BCUT2D eigenvalue weighted by Crippen LogP contribution is -2.26. The maximum Gasteiger partial charge on any atom is 0.336 e. The average Bonchev–Trinajstić information content (AvgIpc) is 2.76.